The van der Waals surface area contributed by atoms with Crippen molar-refractivity contribution >= 4 is 5.91 Å². The van der Waals surface area contributed by atoms with Crippen molar-refractivity contribution in [1.29, 1.82) is 0 Å². The third-order valence-electron chi connectivity index (χ3n) is 2.89. The van der Waals surface area contributed by atoms with E-state index in [9.17, 15) is 4.79 Å². The normalized spacial score (nSPS) is 10.6. The number of nitrogens with zero attached hydrogens (tertiary/aromatic N) is 1. The Kier molecular flexibility index (Phi) is 6.32. The number of methoxy groups -OCH3 is 3. The molecule has 0 spiro atoms. The highest BCUT2D eigenvalue weighted by atomic mass is 16.7. The highest BCUT2D eigenvalue weighted by molar-refractivity contribution is 5.78. The molecule has 0 N–H and O–H groups in total. The smallest absolute Gasteiger partial charge is 0.226 e. The van der Waals surface area contributed by atoms with Crippen molar-refractivity contribution in [2.24, 2.45) is 0 Å². The number of carbonyl (C=O) groups is 1. The molecule has 106 valence electrons. The molecule has 0 aliphatic carbocycles. The fraction of sp³-hybridized carbons (Fsp3) is 0.500. The quantitative estimate of drug-likeness (QED) is 0.699. The summed E-state index contributed by atoms with van der Waals surface area (Å²) in [6.07, 6.45) is -0.0505. The largest absolute Gasteiger partial charge is 0.497 e. The summed E-state index contributed by atoms with van der Waals surface area (Å²) in [6.45, 7) is 0.405. The molecule has 1 amide bonds. The van der Waals surface area contributed by atoms with Crippen molar-refractivity contribution in [3.05, 3.63) is 29.8 Å². The summed E-state index contributed by atoms with van der Waals surface area (Å²) in [5.74, 6) is 0.799. The van der Waals surface area contributed by atoms with E-state index < -0.39 is 6.29 Å². The molecular formula is C14H21NO4. The molecule has 0 aliphatic heterocycles. The zero-order valence-electron chi connectivity index (χ0n) is 11.9. The molecule has 0 atom stereocenters. The van der Waals surface area contributed by atoms with Gasteiger partial charge in [0.2, 0.25) is 5.91 Å². The summed E-state index contributed by atoms with van der Waals surface area (Å²) in [5, 5.41) is 0. The Bertz CT molecular complexity index is 387. The lowest BCUT2D eigenvalue weighted by Crippen LogP contribution is -2.36. The van der Waals surface area contributed by atoms with E-state index in [4.69, 9.17) is 14.2 Å². The van der Waals surface area contributed by atoms with E-state index in [0.29, 0.717) is 13.0 Å². The number of ether oxygens (including phenoxy) is 3. The van der Waals surface area contributed by atoms with Crippen molar-refractivity contribution in [3.8, 4) is 5.75 Å². The SMILES string of the molecule is COc1ccc(CC(=O)N(C)CC(OC)OC)cc1. The maximum atomic E-state index is 12.0. The van der Waals surface area contributed by atoms with Crippen LogP contribution in [0.1, 0.15) is 5.56 Å². The molecule has 19 heavy (non-hydrogen) atoms. The minimum Gasteiger partial charge on any atom is -0.497 e. The van der Waals surface area contributed by atoms with Gasteiger partial charge in [-0.05, 0) is 17.7 Å². The number of benzene rings is 1. The van der Waals surface area contributed by atoms with Crippen LogP contribution in [0.5, 0.6) is 5.75 Å². The fourth-order valence-electron chi connectivity index (χ4n) is 1.62. The average Bonchev–Trinajstić information content (AvgIpc) is 2.45. The third-order valence-corrected chi connectivity index (χ3v) is 2.89. The zero-order chi connectivity index (χ0) is 14.3. The second kappa shape index (κ2) is 7.76. The first-order valence-corrected chi connectivity index (χ1v) is 6.03. The molecule has 1 aromatic rings. The molecule has 1 rings (SSSR count). The lowest BCUT2D eigenvalue weighted by atomic mass is 10.1. The highest BCUT2D eigenvalue weighted by Crippen LogP contribution is 2.12. The summed E-state index contributed by atoms with van der Waals surface area (Å²) in [4.78, 5) is 13.6. The first-order chi connectivity index (χ1) is 9.10. The molecule has 1 aromatic carbocycles. The van der Waals surface area contributed by atoms with Crippen LogP contribution in [0.4, 0.5) is 0 Å². The Labute approximate surface area is 114 Å². The number of hydrogen-bond donors (Lipinski definition) is 0. The van der Waals surface area contributed by atoms with Gasteiger partial charge in [-0.2, -0.15) is 0 Å². The van der Waals surface area contributed by atoms with Gasteiger partial charge in [0.15, 0.2) is 6.29 Å². The van der Waals surface area contributed by atoms with Gasteiger partial charge >= 0.3 is 0 Å². The predicted octanol–water partition coefficient (Wildman–Crippen LogP) is 1.31. The van der Waals surface area contributed by atoms with Crippen molar-refractivity contribution < 1.29 is 19.0 Å². The monoisotopic (exact) mass is 267 g/mol. The van der Waals surface area contributed by atoms with E-state index in [0.717, 1.165) is 11.3 Å². The van der Waals surface area contributed by atoms with Gasteiger partial charge in [0.05, 0.1) is 20.1 Å². The minimum atomic E-state index is -0.398. The second-order valence-corrected chi connectivity index (χ2v) is 4.20. The van der Waals surface area contributed by atoms with Gasteiger partial charge in [0, 0.05) is 21.3 Å². The van der Waals surface area contributed by atoms with Gasteiger partial charge in [-0.3, -0.25) is 4.79 Å². The lowest BCUT2D eigenvalue weighted by molar-refractivity contribution is -0.142. The number of likely N-dealkylation sites (N-methyl/N-ethyl adjacent to an activating group) is 1. The number of amides is 1. The van der Waals surface area contributed by atoms with Crippen LogP contribution in [0.25, 0.3) is 0 Å². The summed E-state index contributed by atoms with van der Waals surface area (Å²) in [6, 6.07) is 7.45. The van der Waals surface area contributed by atoms with Crippen LogP contribution < -0.4 is 4.74 Å². The Balaban J connectivity index is 2.53. The van der Waals surface area contributed by atoms with E-state index in [1.54, 1.807) is 33.3 Å². The average molecular weight is 267 g/mol. The summed E-state index contributed by atoms with van der Waals surface area (Å²) in [5.41, 5.74) is 0.948. The topological polar surface area (TPSA) is 48.0 Å². The van der Waals surface area contributed by atoms with Crippen molar-refractivity contribution in [2.75, 3.05) is 34.9 Å². The Morgan fingerprint density at radius 1 is 1.16 bits per heavy atom. The van der Waals surface area contributed by atoms with Crippen LogP contribution in [0.2, 0.25) is 0 Å². The van der Waals surface area contributed by atoms with Crippen molar-refractivity contribution in [1.82, 2.24) is 4.90 Å². The maximum Gasteiger partial charge on any atom is 0.226 e. The number of carbonyl (C=O) groups excluding carboxylic acids is 1. The number of rotatable bonds is 7. The molecule has 0 unspecified atom stereocenters. The molecule has 0 fully saturated rings. The van der Waals surface area contributed by atoms with Crippen molar-refractivity contribution in [3.63, 3.8) is 0 Å². The first kappa shape index (κ1) is 15.5. The van der Waals surface area contributed by atoms with Crippen molar-refractivity contribution in [2.45, 2.75) is 12.7 Å². The van der Waals surface area contributed by atoms with Gasteiger partial charge in [-0.15, -0.1) is 0 Å². The van der Waals surface area contributed by atoms with Gasteiger partial charge in [0.1, 0.15) is 5.75 Å². The zero-order valence-corrected chi connectivity index (χ0v) is 11.9. The van der Waals surface area contributed by atoms with Gasteiger partial charge in [0.25, 0.3) is 0 Å². The lowest BCUT2D eigenvalue weighted by Gasteiger charge is -2.22. The Hall–Kier alpha value is -1.59. The maximum absolute atomic E-state index is 12.0. The van der Waals surface area contributed by atoms with Crippen LogP contribution in [0.3, 0.4) is 0 Å². The molecule has 0 bridgehead atoms. The molecule has 0 saturated carbocycles. The molecule has 0 saturated heterocycles. The molecule has 5 nitrogen and oxygen atoms in total. The van der Waals surface area contributed by atoms with E-state index in [1.165, 1.54) is 0 Å². The predicted molar refractivity (Wildman–Crippen MR) is 72.1 cm³/mol. The standard InChI is InChI=1S/C14H21NO4/c1-15(10-14(18-3)19-4)13(16)9-11-5-7-12(17-2)8-6-11/h5-8,14H,9-10H2,1-4H3. The van der Waals surface area contributed by atoms with E-state index in [1.807, 2.05) is 24.3 Å². The van der Waals surface area contributed by atoms with E-state index in [-0.39, 0.29) is 5.91 Å². The summed E-state index contributed by atoms with van der Waals surface area (Å²) >= 11 is 0. The minimum absolute atomic E-state index is 0.0178. The highest BCUT2D eigenvalue weighted by Gasteiger charge is 2.15. The summed E-state index contributed by atoms with van der Waals surface area (Å²) < 4.78 is 15.2. The molecule has 0 heterocycles. The third kappa shape index (κ3) is 4.89. The molecular weight excluding hydrogens is 246 g/mol. The Morgan fingerprint density at radius 2 is 1.74 bits per heavy atom. The summed E-state index contributed by atoms with van der Waals surface area (Å²) in [7, 11) is 6.45. The molecule has 0 aromatic heterocycles. The van der Waals surface area contributed by atoms with Crippen LogP contribution in [-0.2, 0) is 20.7 Å². The second-order valence-electron chi connectivity index (χ2n) is 4.20. The van der Waals surface area contributed by atoms with E-state index >= 15 is 0 Å². The van der Waals surface area contributed by atoms with Crippen LogP contribution in [0, 0.1) is 0 Å². The number of hydrogen-bond acceptors (Lipinski definition) is 4. The molecule has 5 heteroatoms. The molecule has 0 aliphatic rings. The fourth-order valence-corrected chi connectivity index (χ4v) is 1.62. The van der Waals surface area contributed by atoms with Crippen LogP contribution in [0.15, 0.2) is 24.3 Å². The van der Waals surface area contributed by atoms with E-state index in [2.05, 4.69) is 0 Å². The van der Waals surface area contributed by atoms with Gasteiger partial charge in [-0.25, -0.2) is 0 Å². The molecule has 0 radical (unpaired) electrons. The van der Waals surface area contributed by atoms with Crippen LogP contribution >= 0.6 is 0 Å². The Morgan fingerprint density at radius 3 is 2.21 bits per heavy atom. The van der Waals surface area contributed by atoms with Crippen LogP contribution in [-0.4, -0.2) is 52.0 Å². The first-order valence-electron chi connectivity index (χ1n) is 6.03. The van der Waals surface area contributed by atoms with Gasteiger partial charge < -0.3 is 19.1 Å². The van der Waals surface area contributed by atoms with Gasteiger partial charge in [-0.1, -0.05) is 12.1 Å².